The zero-order valence-corrected chi connectivity index (χ0v) is 11.6. The second-order valence-corrected chi connectivity index (χ2v) is 5.62. The number of hydrogen-bond acceptors (Lipinski definition) is 2. The number of halogens is 3. The van der Waals surface area contributed by atoms with E-state index < -0.39 is 23.5 Å². The first-order valence-electron chi connectivity index (χ1n) is 7.17. The van der Waals surface area contributed by atoms with Crippen molar-refractivity contribution in [2.75, 3.05) is 0 Å². The highest BCUT2D eigenvalue weighted by Crippen LogP contribution is 2.39. The number of nitrogens with two attached hydrogens (primary N) is 1. The molecule has 1 aromatic carbocycles. The summed E-state index contributed by atoms with van der Waals surface area (Å²) in [7, 11) is 0. The maximum Gasteiger partial charge on any atom is 0.133 e. The van der Waals surface area contributed by atoms with Crippen LogP contribution < -0.4 is 11.3 Å². The highest BCUT2D eigenvalue weighted by molar-refractivity contribution is 5.25. The molecule has 1 unspecified atom stereocenters. The first kappa shape index (κ1) is 15.3. The maximum absolute atomic E-state index is 13.9. The van der Waals surface area contributed by atoms with E-state index in [2.05, 4.69) is 12.3 Å². The molecule has 1 atom stereocenters. The third-order valence-corrected chi connectivity index (χ3v) is 4.47. The van der Waals surface area contributed by atoms with Crippen molar-refractivity contribution in [3.05, 3.63) is 35.1 Å². The predicted octanol–water partition coefficient (Wildman–Crippen LogP) is 3.82. The summed E-state index contributed by atoms with van der Waals surface area (Å²) in [6, 6.07) is 0.814. The van der Waals surface area contributed by atoms with E-state index in [9.17, 15) is 13.2 Å². The summed E-state index contributed by atoms with van der Waals surface area (Å²) < 4.78 is 40.7. The van der Waals surface area contributed by atoms with Gasteiger partial charge < -0.3 is 0 Å². The standard InChI is InChI=1S/C15H21F3N2/c1-2-9-3-5-10(6-4-9)15(20-19)14-12(17)7-11(16)8-13(14)18/h7-10,15,20H,2-6,19H2,1H3. The van der Waals surface area contributed by atoms with Gasteiger partial charge in [-0.15, -0.1) is 0 Å². The third-order valence-electron chi connectivity index (χ3n) is 4.47. The monoisotopic (exact) mass is 286 g/mol. The Hall–Kier alpha value is -1.07. The molecule has 1 fully saturated rings. The molecule has 0 aromatic heterocycles. The van der Waals surface area contributed by atoms with E-state index in [0.29, 0.717) is 18.1 Å². The fourth-order valence-corrected chi connectivity index (χ4v) is 3.24. The highest BCUT2D eigenvalue weighted by atomic mass is 19.1. The summed E-state index contributed by atoms with van der Waals surface area (Å²) in [5.41, 5.74) is 2.38. The van der Waals surface area contributed by atoms with E-state index in [1.165, 1.54) is 0 Å². The number of hydrazine groups is 1. The Kier molecular flexibility index (Phi) is 5.05. The normalized spacial score (nSPS) is 24.6. The van der Waals surface area contributed by atoms with Gasteiger partial charge in [-0.3, -0.25) is 11.3 Å². The molecular formula is C15H21F3N2. The lowest BCUT2D eigenvalue weighted by molar-refractivity contribution is 0.213. The highest BCUT2D eigenvalue weighted by Gasteiger charge is 2.31. The first-order valence-corrected chi connectivity index (χ1v) is 7.17. The van der Waals surface area contributed by atoms with Gasteiger partial charge in [0.05, 0.1) is 6.04 Å². The molecule has 2 rings (SSSR count). The summed E-state index contributed by atoms with van der Waals surface area (Å²) in [6.07, 6.45) is 4.98. The summed E-state index contributed by atoms with van der Waals surface area (Å²) in [4.78, 5) is 0. The quantitative estimate of drug-likeness (QED) is 0.652. The van der Waals surface area contributed by atoms with Crippen LogP contribution in [-0.2, 0) is 0 Å². The number of nitrogens with one attached hydrogen (secondary N) is 1. The molecule has 0 aliphatic heterocycles. The van der Waals surface area contributed by atoms with Crippen LogP contribution in [0.3, 0.4) is 0 Å². The number of benzene rings is 1. The van der Waals surface area contributed by atoms with Gasteiger partial charge in [0.25, 0.3) is 0 Å². The van der Waals surface area contributed by atoms with E-state index in [1.807, 2.05) is 0 Å². The largest absolute Gasteiger partial charge is 0.271 e. The molecule has 2 nitrogen and oxygen atoms in total. The van der Waals surface area contributed by atoms with Crippen LogP contribution >= 0.6 is 0 Å². The van der Waals surface area contributed by atoms with Crippen LogP contribution in [0.25, 0.3) is 0 Å². The number of hydrogen-bond donors (Lipinski definition) is 2. The third kappa shape index (κ3) is 3.15. The van der Waals surface area contributed by atoms with Crippen molar-refractivity contribution in [2.45, 2.75) is 45.1 Å². The lowest BCUT2D eigenvalue weighted by Gasteiger charge is -2.33. The SMILES string of the molecule is CCC1CCC(C(NN)c2c(F)cc(F)cc2F)CC1. The Morgan fingerprint density at radius 2 is 1.70 bits per heavy atom. The Labute approximate surface area is 117 Å². The van der Waals surface area contributed by atoms with Crippen LogP contribution in [0.2, 0.25) is 0 Å². The average molecular weight is 286 g/mol. The van der Waals surface area contributed by atoms with Crippen LogP contribution in [0.15, 0.2) is 12.1 Å². The second-order valence-electron chi connectivity index (χ2n) is 5.62. The van der Waals surface area contributed by atoms with Crippen molar-refractivity contribution >= 4 is 0 Å². The average Bonchev–Trinajstić information content (AvgIpc) is 2.43. The fraction of sp³-hybridized carbons (Fsp3) is 0.600. The molecule has 0 bridgehead atoms. The Bertz CT molecular complexity index is 433. The minimum Gasteiger partial charge on any atom is -0.271 e. The van der Waals surface area contributed by atoms with Crippen molar-refractivity contribution in [3.63, 3.8) is 0 Å². The van der Waals surface area contributed by atoms with Crippen LogP contribution in [0.5, 0.6) is 0 Å². The van der Waals surface area contributed by atoms with Gasteiger partial charge in [-0.05, 0) is 24.7 Å². The summed E-state index contributed by atoms with van der Waals surface area (Å²) in [5.74, 6) is 3.62. The zero-order valence-electron chi connectivity index (χ0n) is 11.6. The van der Waals surface area contributed by atoms with Gasteiger partial charge in [0.1, 0.15) is 17.5 Å². The van der Waals surface area contributed by atoms with Crippen LogP contribution in [0.4, 0.5) is 13.2 Å². The van der Waals surface area contributed by atoms with Gasteiger partial charge in [0.15, 0.2) is 0 Å². The van der Waals surface area contributed by atoms with Crippen molar-refractivity contribution < 1.29 is 13.2 Å². The van der Waals surface area contributed by atoms with Gasteiger partial charge in [-0.1, -0.05) is 26.2 Å². The maximum atomic E-state index is 13.9. The molecule has 0 heterocycles. The molecule has 5 heteroatoms. The minimum atomic E-state index is -0.908. The second kappa shape index (κ2) is 6.59. The predicted molar refractivity (Wildman–Crippen MR) is 72.1 cm³/mol. The minimum absolute atomic E-state index is 0.0808. The van der Waals surface area contributed by atoms with Crippen molar-refractivity contribution in [2.24, 2.45) is 17.7 Å². The Morgan fingerprint density at radius 1 is 1.15 bits per heavy atom. The van der Waals surface area contributed by atoms with E-state index in [1.54, 1.807) is 0 Å². The molecular weight excluding hydrogens is 265 g/mol. The van der Waals surface area contributed by atoms with E-state index in [4.69, 9.17) is 5.84 Å². The lowest BCUT2D eigenvalue weighted by Crippen LogP contribution is -2.36. The Morgan fingerprint density at radius 3 is 2.15 bits per heavy atom. The molecule has 1 aromatic rings. The van der Waals surface area contributed by atoms with E-state index in [-0.39, 0.29) is 11.5 Å². The van der Waals surface area contributed by atoms with Crippen molar-refractivity contribution in [1.29, 1.82) is 0 Å². The van der Waals surface area contributed by atoms with Crippen LogP contribution in [-0.4, -0.2) is 0 Å². The molecule has 0 amide bonds. The molecule has 1 aliphatic carbocycles. The molecule has 1 saturated carbocycles. The van der Waals surface area contributed by atoms with Gasteiger partial charge in [0.2, 0.25) is 0 Å². The van der Waals surface area contributed by atoms with Crippen LogP contribution in [0.1, 0.15) is 50.6 Å². The summed E-state index contributed by atoms with van der Waals surface area (Å²) >= 11 is 0. The Balaban J connectivity index is 2.21. The summed E-state index contributed by atoms with van der Waals surface area (Å²) in [6.45, 7) is 2.16. The van der Waals surface area contributed by atoms with Gasteiger partial charge in [-0.2, -0.15) is 0 Å². The molecule has 0 radical (unpaired) electrons. The molecule has 1 aliphatic rings. The smallest absolute Gasteiger partial charge is 0.133 e. The van der Waals surface area contributed by atoms with Gasteiger partial charge in [-0.25, -0.2) is 13.2 Å². The van der Waals surface area contributed by atoms with Crippen molar-refractivity contribution in [1.82, 2.24) is 5.43 Å². The molecule has 112 valence electrons. The van der Waals surface area contributed by atoms with E-state index >= 15 is 0 Å². The van der Waals surface area contributed by atoms with Gasteiger partial charge >= 0.3 is 0 Å². The zero-order chi connectivity index (χ0) is 14.7. The topological polar surface area (TPSA) is 38.0 Å². The molecule has 3 N–H and O–H groups in total. The molecule has 0 spiro atoms. The van der Waals surface area contributed by atoms with Crippen molar-refractivity contribution in [3.8, 4) is 0 Å². The fourth-order valence-electron chi connectivity index (χ4n) is 3.24. The lowest BCUT2D eigenvalue weighted by atomic mass is 9.76. The van der Waals surface area contributed by atoms with E-state index in [0.717, 1.165) is 32.1 Å². The van der Waals surface area contributed by atoms with Gasteiger partial charge in [0, 0.05) is 17.7 Å². The molecule has 20 heavy (non-hydrogen) atoms. The summed E-state index contributed by atoms with van der Waals surface area (Å²) in [5, 5.41) is 0. The molecule has 0 saturated heterocycles. The number of rotatable bonds is 4. The first-order chi connectivity index (χ1) is 9.56. The van der Waals surface area contributed by atoms with Crippen LogP contribution in [0, 0.1) is 29.3 Å².